The maximum atomic E-state index is 12.7. The first-order chi connectivity index (χ1) is 30.2. The topological polar surface area (TPSA) is 149 Å². The van der Waals surface area contributed by atoms with Gasteiger partial charge >= 0.3 is 19.8 Å². The van der Waals surface area contributed by atoms with Crippen molar-refractivity contribution in [3.63, 3.8) is 0 Å². The van der Waals surface area contributed by atoms with Gasteiger partial charge in [-0.15, -0.1) is 0 Å². The SMILES string of the molecule is CCCCCCCCCCCCCCCCCCCCCCCCCC(=O)OC[C@@H](COP(=O)(O)OC[C@H](O)CO)OC(=O)CCCCCCCCCCCCCCCCCC. The first kappa shape index (κ1) is 61.0. The summed E-state index contributed by atoms with van der Waals surface area (Å²) in [6.45, 7) is 2.46. The Kier molecular flexibility index (Phi) is 47.1. The first-order valence-corrected chi connectivity index (χ1v) is 28.0. The summed E-state index contributed by atoms with van der Waals surface area (Å²) in [7, 11) is -4.61. The van der Waals surface area contributed by atoms with E-state index >= 15 is 0 Å². The second-order valence-corrected chi connectivity index (χ2v) is 19.7. The van der Waals surface area contributed by atoms with Gasteiger partial charge in [0.1, 0.15) is 12.7 Å². The van der Waals surface area contributed by atoms with E-state index in [2.05, 4.69) is 13.8 Å². The van der Waals surface area contributed by atoms with Crippen molar-refractivity contribution < 1.29 is 47.8 Å². The third-order valence-corrected chi connectivity index (χ3v) is 13.0. The zero-order valence-electron chi connectivity index (χ0n) is 40.6. The minimum absolute atomic E-state index is 0.193. The van der Waals surface area contributed by atoms with Gasteiger partial charge in [-0.25, -0.2) is 4.57 Å². The highest BCUT2D eigenvalue weighted by Crippen LogP contribution is 2.43. The van der Waals surface area contributed by atoms with Crippen molar-refractivity contribution in [2.75, 3.05) is 26.4 Å². The van der Waals surface area contributed by atoms with Crippen LogP contribution in [0, 0.1) is 0 Å². The molecule has 3 N–H and O–H groups in total. The minimum Gasteiger partial charge on any atom is -0.462 e. The van der Waals surface area contributed by atoms with Crippen LogP contribution in [0.3, 0.4) is 0 Å². The Bertz CT molecular complexity index is 998. The maximum Gasteiger partial charge on any atom is 0.472 e. The zero-order chi connectivity index (χ0) is 45.5. The predicted molar refractivity (Wildman–Crippen MR) is 256 cm³/mol. The Morgan fingerprint density at radius 3 is 1.00 bits per heavy atom. The molecule has 1 unspecified atom stereocenters. The van der Waals surface area contributed by atoms with E-state index in [0.29, 0.717) is 12.8 Å². The Labute approximate surface area is 382 Å². The van der Waals surface area contributed by atoms with Crippen LogP contribution >= 0.6 is 7.82 Å². The Hall–Kier alpha value is -1.03. The number of carbonyl (C=O) groups excluding carboxylic acids is 2. The lowest BCUT2D eigenvalue weighted by Crippen LogP contribution is -2.29. The molecule has 0 spiro atoms. The van der Waals surface area contributed by atoms with Crippen molar-refractivity contribution in [2.45, 2.75) is 289 Å². The Morgan fingerprint density at radius 2 is 0.694 bits per heavy atom. The smallest absolute Gasteiger partial charge is 0.462 e. The molecule has 0 rings (SSSR count). The largest absolute Gasteiger partial charge is 0.472 e. The van der Waals surface area contributed by atoms with E-state index in [1.54, 1.807) is 0 Å². The second kappa shape index (κ2) is 47.9. The van der Waals surface area contributed by atoms with Gasteiger partial charge < -0.3 is 24.6 Å². The number of esters is 2. The monoisotopic (exact) mass is 905 g/mol. The summed E-state index contributed by atoms with van der Waals surface area (Å²) in [5, 5.41) is 18.4. The number of aliphatic hydroxyl groups is 2. The van der Waals surface area contributed by atoms with Crippen molar-refractivity contribution >= 4 is 19.8 Å². The fourth-order valence-electron chi connectivity index (χ4n) is 7.94. The average molecular weight is 905 g/mol. The lowest BCUT2D eigenvalue weighted by atomic mass is 10.0. The number of hydrogen-bond donors (Lipinski definition) is 3. The van der Waals surface area contributed by atoms with E-state index in [9.17, 15) is 24.2 Å². The lowest BCUT2D eigenvalue weighted by molar-refractivity contribution is -0.161. The highest BCUT2D eigenvalue weighted by Gasteiger charge is 2.27. The summed E-state index contributed by atoms with van der Waals surface area (Å²) in [6.07, 6.45) is 47.9. The summed E-state index contributed by atoms with van der Waals surface area (Å²) in [5.41, 5.74) is 0. The number of ether oxygens (including phenoxy) is 2. The summed E-state index contributed by atoms with van der Waals surface area (Å²) >= 11 is 0. The van der Waals surface area contributed by atoms with Gasteiger partial charge in [0, 0.05) is 12.8 Å². The third kappa shape index (κ3) is 46.9. The second-order valence-electron chi connectivity index (χ2n) is 18.3. The Morgan fingerprint density at radius 1 is 0.419 bits per heavy atom. The quantitative estimate of drug-likeness (QED) is 0.0306. The van der Waals surface area contributed by atoms with E-state index in [-0.39, 0.29) is 19.4 Å². The summed E-state index contributed by atoms with van der Waals surface area (Å²) in [6, 6.07) is 0. The van der Waals surface area contributed by atoms with Crippen LogP contribution in [-0.2, 0) is 32.7 Å². The molecule has 370 valence electrons. The molecule has 0 aliphatic carbocycles. The van der Waals surface area contributed by atoms with E-state index in [1.165, 1.54) is 205 Å². The number of unbranched alkanes of at least 4 members (excludes halogenated alkanes) is 37. The molecule has 3 atom stereocenters. The number of aliphatic hydroxyl groups excluding tert-OH is 2. The molecular weight excluding hydrogens is 804 g/mol. The van der Waals surface area contributed by atoms with E-state index in [4.69, 9.17) is 23.6 Å². The van der Waals surface area contributed by atoms with Crippen molar-refractivity contribution in [1.29, 1.82) is 0 Å². The standard InChI is InChI=1S/C51H101O10P/c1-3-5-7-9-11-13-15-17-19-21-22-23-24-25-26-27-29-30-32-34-36-38-40-42-50(54)58-46-49(47-60-62(56,57)59-45-48(53)44-52)61-51(55)43-41-39-37-35-33-31-28-20-18-16-14-12-10-8-6-4-2/h48-49,52-53H,3-47H2,1-2H3,(H,56,57)/t48-,49+/m1/s1. The van der Waals surface area contributed by atoms with E-state index in [0.717, 1.165) is 32.1 Å². The molecule has 0 aliphatic heterocycles. The molecule has 0 fully saturated rings. The van der Waals surface area contributed by atoms with Gasteiger partial charge in [0.15, 0.2) is 6.10 Å². The molecule has 0 saturated carbocycles. The third-order valence-electron chi connectivity index (χ3n) is 12.0. The molecule has 11 heteroatoms. The van der Waals surface area contributed by atoms with Gasteiger partial charge in [-0.1, -0.05) is 251 Å². The molecule has 0 radical (unpaired) electrons. The fraction of sp³-hybridized carbons (Fsp3) is 0.961. The maximum absolute atomic E-state index is 12.7. The molecule has 0 aliphatic rings. The van der Waals surface area contributed by atoms with Gasteiger partial charge in [0.25, 0.3) is 0 Å². The Balaban J connectivity index is 4.07. The van der Waals surface area contributed by atoms with E-state index in [1.807, 2.05) is 0 Å². The van der Waals surface area contributed by atoms with Crippen LogP contribution in [0.25, 0.3) is 0 Å². The number of carbonyl (C=O) groups is 2. The van der Waals surface area contributed by atoms with Crippen molar-refractivity contribution in [1.82, 2.24) is 0 Å². The highest BCUT2D eigenvalue weighted by molar-refractivity contribution is 7.47. The van der Waals surface area contributed by atoms with Gasteiger partial charge in [-0.3, -0.25) is 18.6 Å². The van der Waals surface area contributed by atoms with Gasteiger partial charge in [0.05, 0.1) is 19.8 Å². The normalized spacial score (nSPS) is 13.6. The van der Waals surface area contributed by atoms with Crippen LogP contribution in [0.5, 0.6) is 0 Å². The van der Waals surface area contributed by atoms with Gasteiger partial charge in [-0.2, -0.15) is 0 Å². The van der Waals surface area contributed by atoms with E-state index < -0.39 is 51.8 Å². The molecule has 0 heterocycles. The minimum atomic E-state index is -4.61. The summed E-state index contributed by atoms with van der Waals surface area (Å²) in [4.78, 5) is 35.2. The van der Waals surface area contributed by atoms with Crippen LogP contribution in [0.15, 0.2) is 0 Å². The van der Waals surface area contributed by atoms with Crippen LogP contribution in [0.1, 0.15) is 277 Å². The van der Waals surface area contributed by atoms with Crippen molar-refractivity contribution in [3.05, 3.63) is 0 Å². The highest BCUT2D eigenvalue weighted by atomic mass is 31.2. The number of phosphoric ester groups is 1. The molecular formula is C51H101O10P. The molecule has 10 nitrogen and oxygen atoms in total. The molecule has 0 amide bonds. The van der Waals surface area contributed by atoms with Gasteiger partial charge in [-0.05, 0) is 12.8 Å². The number of phosphoric acid groups is 1. The van der Waals surface area contributed by atoms with Crippen LogP contribution in [0.2, 0.25) is 0 Å². The first-order valence-electron chi connectivity index (χ1n) is 26.5. The number of hydrogen-bond acceptors (Lipinski definition) is 9. The molecule has 0 aromatic rings. The molecule has 0 aromatic carbocycles. The molecule has 0 aromatic heterocycles. The lowest BCUT2D eigenvalue weighted by Gasteiger charge is -2.20. The number of rotatable bonds is 51. The fourth-order valence-corrected chi connectivity index (χ4v) is 8.73. The molecule has 0 saturated heterocycles. The average Bonchev–Trinajstić information content (AvgIpc) is 3.26. The zero-order valence-corrected chi connectivity index (χ0v) is 41.5. The van der Waals surface area contributed by atoms with Crippen LogP contribution < -0.4 is 0 Å². The summed E-state index contributed by atoms with van der Waals surface area (Å²) < 4.78 is 32.9. The summed E-state index contributed by atoms with van der Waals surface area (Å²) in [5.74, 6) is -0.902. The molecule has 0 bridgehead atoms. The molecule has 62 heavy (non-hydrogen) atoms. The van der Waals surface area contributed by atoms with Crippen LogP contribution in [0.4, 0.5) is 0 Å². The van der Waals surface area contributed by atoms with Crippen molar-refractivity contribution in [2.24, 2.45) is 0 Å². The van der Waals surface area contributed by atoms with Crippen molar-refractivity contribution in [3.8, 4) is 0 Å². The predicted octanol–water partition coefficient (Wildman–Crippen LogP) is 15.0. The van der Waals surface area contributed by atoms with Crippen LogP contribution in [-0.4, -0.2) is 65.7 Å². The van der Waals surface area contributed by atoms with Gasteiger partial charge in [0.2, 0.25) is 0 Å².